The largest absolute Gasteiger partial charge is 0.497 e. The first-order valence-electron chi connectivity index (χ1n) is 6.65. The van der Waals surface area contributed by atoms with Crippen LogP contribution in [0.15, 0.2) is 18.2 Å². The van der Waals surface area contributed by atoms with Crippen molar-refractivity contribution in [3.05, 3.63) is 18.2 Å². The van der Waals surface area contributed by atoms with Crippen LogP contribution in [0.25, 0.3) is 0 Å². The van der Waals surface area contributed by atoms with Crippen LogP contribution in [0.1, 0.15) is 6.92 Å². The molecule has 0 aromatic heterocycles. The molecule has 0 saturated carbocycles. The van der Waals surface area contributed by atoms with E-state index in [1.54, 1.807) is 25.3 Å². The van der Waals surface area contributed by atoms with Gasteiger partial charge in [0.05, 0.1) is 38.2 Å². The van der Waals surface area contributed by atoms with Crippen LogP contribution >= 0.6 is 0 Å². The predicted octanol–water partition coefficient (Wildman–Crippen LogP) is 0.937. The standard InChI is InChI=1S/C14H21N3O3/c1-10-9-20-6-5-17(10)8-14(18)16-13-4-3-11(19-2)7-12(13)15/h3-4,7,10H,5-6,8-9,15H2,1-2H3,(H,16,18). The third kappa shape index (κ3) is 3.61. The summed E-state index contributed by atoms with van der Waals surface area (Å²) in [5.74, 6) is 0.595. The maximum absolute atomic E-state index is 12.1. The number of rotatable bonds is 4. The van der Waals surface area contributed by atoms with Crippen LogP contribution < -0.4 is 15.8 Å². The highest BCUT2D eigenvalue weighted by Crippen LogP contribution is 2.24. The number of nitrogens with zero attached hydrogens (tertiary/aromatic N) is 1. The van der Waals surface area contributed by atoms with Gasteiger partial charge in [-0.05, 0) is 19.1 Å². The minimum absolute atomic E-state index is 0.0735. The Balaban J connectivity index is 1.94. The van der Waals surface area contributed by atoms with E-state index in [1.165, 1.54) is 0 Å². The van der Waals surface area contributed by atoms with Gasteiger partial charge in [-0.3, -0.25) is 9.69 Å². The molecule has 1 atom stereocenters. The first-order valence-corrected chi connectivity index (χ1v) is 6.65. The molecular formula is C14H21N3O3. The fourth-order valence-electron chi connectivity index (χ4n) is 2.15. The third-order valence-corrected chi connectivity index (χ3v) is 3.38. The molecule has 1 aliphatic heterocycles. The molecule has 0 bridgehead atoms. The number of hydrogen-bond acceptors (Lipinski definition) is 5. The van der Waals surface area contributed by atoms with E-state index in [0.717, 1.165) is 6.54 Å². The van der Waals surface area contributed by atoms with Gasteiger partial charge in [-0.1, -0.05) is 0 Å². The second-order valence-corrected chi connectivity index (χ2v) is 4.90. The number of carbonyl (C=O) groups excluding carboxylic acids is 1. The Morgan fingerprint density at radius 2 is 2.40 bits per heavy atom. The average molecular weight is 279 g/mol. The van der Waals surface area contributed by atoms with E-state index in [1.807, 2.05) is 6.92 Å². The van der Waals surface area contributed by atoms with Crippen LogP contribution in [0.3, 0.4) is 0 Å². The molecule has 3 N–H and O–H groups in total. The zero-order valence-electron chi connectivity index (χ0n) is 11.9. The molecule has 1 unspecified atom stereocenters. The summed E-state index contributed by atoms with van der Waals surface area (Å²) in [5, 5.41) is 2.83. The van der Waals surface area contributed by atoms with E-state index in [4.69, 9.17) is 15.2 Å². The van der Waals surface area contributed by atoms with E-state index in [9.17, 15) is 4.79 Å². The van der Waals surface area contributed by atoms with Gasteiger partial charge in [0, 0.05) is 18.7 Å². The second-order valence-electron chi connectivity index (χ2n) is 4.90. The zero-order chi connectivity index (χ0) is 14.5. The number of ether oxygens (including phenoxy) is 2. The lowest BCUT2D eigenvalue weighted by Crippen LogP contribution is -2.47. The van der Waals surface area contributed by atoms with Gasteiger partial charge in [0.2, 0.25) is 5.91 Å². The number of nitrogens with two attached hydrogens (primary N) is 1. The highest BCUT2D eigenvalue weighted by Gasteiger charge is 2.21. The van der Waals surface area contributed by atoms with Crippen molar-refractivity contribution in [2.45, 2.75) is 13.0 Å². The van der Waals surface area contributed by atoms with Crippen molar-refractivity contribution in [1.29, 1.82) is 0 Å². The maximum Gasteiger partial charge on any atom is 0.238 e. The Labute approximate surface area is 118 Å². The molecule has 1 heterocycles. The molecule has 20 heavy (non-hydrogen) atoms. The predicted molar refractivity (Wildman–Crippen MR) is 77.9 cm³/mol. The molecule has 0 spiro atoms. The summed E-state index contributed by atoms with van der Waals surface area (Å²) in [6, 6.07) is 5.45. The zero-order valence-corrected chi connectivity index (χ0v) is 11.9. The summed E-state index contributed by atoms with van der Waals surface area (Å²) < 4.78 is 10.4. The first-order chi connectivity index (χ1) is 9.60. The quantitative estimate of drug-likeness (QED) is 0.802. The van der Waals surface area contributed by atoms with Gasteiger partial charge in [-0.2, -0.15) is 0 Å². The molecule has 1 aromatic rings. The number of hydrogen-bond donors (Lipinski definition) is 2. The van der Waals surface area contributed by atoms with Gasteiger partial charge >= 0.3 is 0 Å². The van der Waals surface area contributed by atoms with Gasteiger partial charge in [0.15, 0.2) is 0 Å². The van der Waals surface area contributed by atoms with Crippen LogP contribution in [0.2, 0.25) is 0 Å². The summed E-state index contributed by atoms with van der Waals surface area (Å²) in [6.45, 7) is 4.50. The van der Waals surface area contributed by atoms with Crippen molar-refractivity contribution >= 4 is 17.3 Å². The van der Waals surface area contributed by atoms with Crippen LogP contribution in [0, 0.1) is 0 Å². The fourth-order valence-corrected chi connectivity index (χ4v) is 2.15. The molecule has 1 saturated heterocycles. The molecule has 0 radical (unpaired) electrons. The van der Waals surface area contributed by atoms with Gasteiger partial charge in [0.1, 0.15) is 5.75 Å². The number of carbonyl (C=O) groups is 1. The monoisotopic (exact) mass is 279 g/mol. The van der Waals surface area contributed by atoms with E-state index in [0.29, 0.717) is 36.9 Å². The number of methoxy groups -OCH3 is 1. The lowest BCUT2D eigenvalue weighted by atomic mass is 10.2. The Kier molecular flexibility index (Phi) is 4.81. The maximum atomic E-state index is 12.1. The summed E-state index contributed by atoms with van der Waals surface area (Å²) in [6.07, 6.45) is 0. The normalized spacial score (nSPS) is 19.6. The van der Waals surface area contributed by atoms with Crippen molar-refractivity contribution in [2.24, 2.45) is 0 Å². The SMILES string of the molecule is COc1ccc(NC(=O)CN2CCOCC2C)c(N)c1. The Morgan fingerprint density at radius 3 is 3.05 bits per heavy atom. The van der Waals surface area contributed by atoms with Crippen molar-refractivity contribution in [3.8, 4) is 5.75 Å². The van der Waals surface area contributed by atoms with Crippen molar-refractivity contribution in [1.82, 2.24) is 4.90 Å². The highest BCUT2D eigenvalue weighted by molar-refractivity contribution is 5.95. The number of morpholine rings is 1. The molecule has 6 heteroatoms. The number of amides is 1. The molecule has 0 aliphatic carbocycles. The van der Waals surface area contributed by atoms with Crippen molar-refractivity contribution in [3.63, 3.8) is 0 Å². The van der Waals surface area contributed by atoms with Crippen LogP contribution in [-0.4, -0.2) is 50.3 Å². The second kappa shape index (κ2) is 6.58. The van der Waals surface area contributed by atoms with E-state index >= 15 is 0 Å². The molecule has 1 aliphatic rings. The minimum Gasteiger partial charge on any atom is -0.497 e. The van der Waals surface area contributed by atoms with E-state index in [2.05, 4.69) is 10.2 Å². The van der Waals surface area contributed by atoms with Crippen molar-refractivity contribution in [2.75, 3.05) is 44.5 Å². The van der Waals surface area contributed by atoms with E-state index < -0.39 is 0 Å². The summed E-state index contributed by atoms with van der Waals surface area (Å²) in [5.41, 5.74) is 6.98. The number of benzene rings is 1. The number of anilines is 2. The molecular weight excluding hydrogens is 258 g/mol. The van der Waals surface area contributed by atoms with Gasteiger partial charge < -0.3 is 20.5 Å². The summed E-state index contributed by atoms with van der Waals surface area (Å²) in [4.78, 5) is 14.1. The first kappa shape index (κ1) is 14.6. The van der Waals surface area contributed by atoms with Crippen LogP contribution in [0.5, 0.6) is 5.75 Å². The van der Waals surface area contributed by atoms with Crippen LogP contribution in [0.4, 0.5) is 11.4 Å². The summed E-state index contributed by atoms with van der Waals surface area (Å²) >= 11 is 0. The van der Waals surface area contributed by atoms with Crippen LogP contribution in [-0.2, 0) is 9.53 Å². The Hall–Kier alpha value is -1.79. The Bertz CT molecular complexity index is 479. The lowest BCUT2D eigenvalue weighted by molar-refractivity contribution is -0.119. The third-order valence-electron chi connectivity index (χ3n) is 3.38. The van der Waals surface area contributed by atoms with Gasteiger partial charge in [-0.15, -0.1) is 0 Å². The molecule has 2 rings (SSSR count). The average Bonchev–Trinajstić information content (AvgIpc) is 2.43. The highest BCUT2D eigenvalue weighted by atomic mass is 16.5. The smallest absolute Gasteiger partial charge is 0.238 e. The molecule has 6 nitrogen and oxygen atoms in total. The molecule has 1 fully saturated rings. The van der Waals surface area contributed by atoms with Crippen molar-refractivity contribution < 1.29 is 14.3 Å². The molecule has 110 valence electrons. The number of nitrogens with one attached hydrogen (secondary N) is 1. The summed E-state index contributed by atoms with van der Waals surface area (Å²) in [7, 11) is 1.58. The molecule has 1 amide bonds. The minimum atomic E-state index is -0.0735. The molecule has 1 aromatic carbocycles. The lowest BCUT2D eigenvalue weighted by Gasteiger charge is -2.32. The van der Waals surface area contributed by atoms with E-state index in [-0.39, 0.29) is 11.9 Å². The Morgan fingerprint density at radius 1 is 1.60 bits per heavy atom. The van der Waals surface area contributed by atoms with Gasteiger partial charge in [-0.25, -0.2) is 0 Å². The van der Waals surface area contributed by atoms with Gasteiger partial charge in [0.25, 0.3) is 0 Å². The fraction of sp³-hybridized carbons (Fsp3) is 0.500. The topological polar surface area (TPSA) is 76.8 Å². The number of nitrogen functional groups attached to an aromatic ring is 1.